The van der Waals surface area contributed by atoms with Crippen molar-refractivity contribution >= 4 is 29.7 Å². The highest BCUT2D eigenvalue weighted by Crippen LogP contribution is 2.17. The molecule has 0 amide bonds. The summed E-state index contributed by atoms with van der Waals surface area (Å²) in [6, 6.07) is 7.78. The number of fused-ring (bicyclic) bond motifs is 1. The first-order chi connectivity index (χ1) is 7.33. The van der Waals surface area contributed by atoms with Crippen molar-refractivity contribution in [1.82, 2.24) is 5.32 Å². The molecule has 1 N–H and O–H groups in total. The van der Waals surface area contributed by atoms with Gasteiger partial charge in [0, 0.05) is 5.39 Å². The highest BCUT2D eigenvalue weighted by atomic mass is 35.5. The number of hydrogen-bond donors (Lipinski definition) is 1. The van der Waals surface area contributed by atoms with E-state index in [0.717, 1.165) is 22.8 Å². The summed E-state index contributed by atoms with van der Waals surface area (Å²) in [4.78, 5) is 10.7. The molecular formula is C12H14ClNO2. The van der Waals surface area contributed by atoms with Crippen LogP contribution in [0.3, 0.4) is 0 Å². The highest BCUT2D eigenvalue weighted by molar-refractivity contribution is 5.85. The molecule has 16 heavy (non-hydrogen) atoms. The molecule has 0 fully saturated rings. The quantitative estimate of drug-likeness (QED) is 0.832. The zero-order chi connectivity index (χ0) is 10.7. The average molecular weight is 240 g/mol. The van der Waals surface area contributed by atoms with Crippen LogP contribution >= 0.6 is 12.4 Å². The molecule has 86 valence electrons. The first kappa shape index (κ1) is 12.7. The van der Waals surface area contributed by atoms with Crippen molar-refractivity contribution in [3.05, 3.63) is 36.1 Å². The van der Waals surface area contributed by atoms with E-state index >= 15 is 0 Å². The van der Waals surface area contributed by atoms with Crippen LogP contribution in [-0.4, -0.2) is 19.4 Å². The number of aldehydes is 1. The van der Waals surface area contributed by atoms with Crippen molar-refractivity contribution in [2.45, 2.75) is 12.5 Å². The summed E-state index contributed by atoms with van der Waals surface area (Å²) >= 11 is 0. The van der Waals surface area contributed by atoms with Crippen LogP contribution < -0.4 is 5.32 Å². The summed E-state index contributed by atoms with van der Waals surface area (Å²) in [5, 5.41) is 4.03. The minimum absolute atomic E-state index is 0. The molecule has 0 aliphatic heterocycles. The number of carbonyl (C=O) groups is 1. The SMILES string of the molecule is CN[C@H](C=O)Cc1ccc2occc2c1.Cl. The molecule has 0 saturated carbocycles. The molecule has 0 spiro atoms. The molecule has 3 nitrogen and oxygen atoms in total. The van der Waals surface area contributed by atoms with Crippen molar-refractivity contribution in [2.24, 2.45) is 0 Å². The highest BCUT2D eigenvalue weighted by Gasteiger charge is 2.06. The molecule has 2 aromatic rings. The monoisotopic (exact) mass is 239 g/mol. The largest absolute Gasteiger partial charge is 0.464 e. The van der Waals surface area contributed by atoms with Gasteiger partial charge < -0.3 is 14.5 Å². The van der Waals surface area contributed by atoms with Gasteiger partial charge in [-0.1, -0.05) is 6.07 Å². The number of nitrogens with one attached hydrogen (secondary N) is 1. The fourth-order valence-corrected chi connectivity index (χ4v) is 1.62. The zero-order valence-corrected chi connectivity index (χ0v) is 9.79. The molecule has 1 atom stereocenters. The second kappa shape index (κ2) is 5.68. The Morgan fingerprint density at radius 2 is 2.25 bits per heavy atom. The lowest BCUT2D eigenvalue weighted by atomic mass is 10.1. The van der Waals surface area contributed by atoms with Gasteiger partial charge >= 0.3 is 0 Å². The van der Waals surface area contributed by atoms with E-state index in [4.69, 9.17) is 4.42 Å². The maximum absolute atomic E-state index is 10.7. The van der Waals surface area contributed by atoms with E-state index in [9.17, 15) is 4.79 Å². The third kappa shape index (κ3) is 2.62. The third-order valence-electron chi connectivity index (χ3n) is 2.51. The Bertz CT molecular complexity index is 467. The second-order valence-electron chi connectivity index (χ2n) is 3.53. The van der Waals surface area contributed by atoms with Crippen LogP contribution in [0.5, 0.6) is 0 Å². The summed E-state index contributed by atoms with van der Waals surface area (Å²) in [5.41, 5.74) is 2.02. The first-order valence-corrected chi connectivity index (χ1v) is 4.92. The van der Waals surface area contributed by atoms with Crippen molar-refractivity contribution in [2.75, 3.05) is 7.05 Å². The van der Waals surface area contributed by atoms with E-state index in [1.807, 2.05) is 24.3 Å². The van der Waals surface area contributed by atoms with Gasteiger partial charge in [0.15, 0.2) is 0 Å². The number of hydrogen-bond acceptors (Lipinski definition) is 3. The van der Waals surface area contributed by atoms with Crippen LogP contribution in [0.1, 0.15) is 5.56 Å². The first-order valence-electron chi connectivity index (χ1n) is 4.92. The zero-order valence-electron chi connectivity index (χ0n) is 8.97. The Morgan fingerprint density at radius 1 is 1.44 bits per heavy atom. The van der Waals surface area contributed by atoms with Crippen LogP contribution in [0.2, 0.25) is 0 Å². The number of rotatable bonds is 4. The van der Waals surface area contributed by atoms with Gasteiger partial charge in [-0.3, -0.25) is 0 Å². The number of benzene rings is 1. The number of halogens is 1. The molecule has 1 heterocycles. The maximum atomic E-state index is 10.7. The van der Waals surface area contributed by atoms with Gasteiger partial charge in [-0.05, 0) is 37.2 Å². The standard InChI is InChI=1S/C12H13NO2.ClH/c1-13-11(8-14)7-9-2-3-12-10(6-9)4-5-15-12;/h2-6,8,11,13H,7H2,1H3;1H/t11-;/m0./s1. The number of furan rings is 1. The summed E-state index contributed by atoms with van der Waals surface area (Å²) in [6.07, 6.45) is 3.31. The minimum Gasteiger partial charge on any atom is -0.464 e. The van der Waals surface area contributed by atoms with E-state index in [1.165, 1.54) is 0 Å². The normalized spacial score (nSPS) is 12.1. The Hall–Kier alpha value is -1.32. The average Bonchev–Trinajstić information content (AvgIpc) is 2.73. The number of carbonyl (C=O) groups excluding carboxylic acids is 1. The van der Waals surface area contributed by atoms with Crippen LogP contribution in [0, 0.1) is 0 Å². The van der Waals surface area contributed by atoms with Crippen molar-refractivity contribution in [1.29, 1.82) is 0 Å². The van der Waals surface area contributed by atoms with E-state index in [2.05, 4.69) is 5.32 Å². The summed E-state index contributed by atoms with van der Waals surface area (Å²) < 4.78 is 5.25. The molecule has 0 bridgehead atoms. The molecule has 0 saturated heterocycles. The van der Waals surface area contributed by atoms with Crippen molar-refractivity contribution in [3.8, 4) is 0 Å². The summed E-state index contributed by atoms with van der Waals surface area (Å²) in [5.74, 6) is 0. The van der Waals surface area contributed by atoms with Gasteiger partial charge in [-0.15, -0.1) is 12.4 Å². The molecule has 1 aromatic carbocycles. The molecule has 0 radical (unpaired) electrons. The predicted octanol–water partition coefficient (Wildman–Crippen LogP) is 2.18. The Morgan fingerprint density at radius 3 is 2.94 bits per heavy atom. The van der Waals surface area contributed by atoms with Crippen LogP contribution in [0.4, 0.5) is 0 Å². The summed E-state index contributed by atoms with van der Waals surface area (Å²) in [7, 11) is 1.79. The smallest absolute Gasteiger partial charge is 0.137 e. The van der Waals surface area contributed by atoms with E-state index in [-0.39, 0.29) is 18.4 Å². The van der Waals surface area contributed by atoms with E-state index < -0.39 is 0 Å². The van der Waals surface area contributed by atoms with Gasteiger partial charge in [0.2, 0.25) is 0 Å². The van der Waals surface area contributed by atoms with Gasteiger partial charge in [0.1, 0.15) is 11.9 Å². The minimum atomic E-state index is -0.116. The van der Waals surface area contributed by atoms with Gasteiger partial charge in [-0.2, -0.15) is 0 Å². The van der Waals surface area contributed by atoms with Gasteiger partial charge in [0.25, 0.3) is 0 Å². The Balaban J connectivity index is 0.00000128. The molecular weight excluding hydrogens is 226 g/mol. The van der Waals surface area contributed by atoms with Crippen LogP contribution in [-0.2, 0) is 11.2 Å². The Kier molecular flexibility index (Phi) is 4.52. The van der Waals surface area contributed by atoms with E-state index in [0.29, 0.717) is 6.42 Å². The number of likely N-dealkylation sites (N-methyl/N-ethyl adjacent to an activating group) is 1. The van der Waals surface area contributed by atoms with Crippen LogP contribution in [0.25, 0.3) is 11.0 Å². The third-order valence-corrected chi connectivity index (χ3v) is 2.51. The Labute approximate surface area is 100 Å². The maximum Gasteiger partial charge on any atom is 0.137 e. The molecule has 4 heteroatoms. The molecule has 0 unspecified atom stereocenters. The van der Waals surface area contributed by atoms with Crippen molar-refractivity contribution < 1.29 is 9.21 Å². The van der Waals surface area contributed by atoms with Gasteiger partial charge in [0.05, 0.1) is 12.3 Å². The van der Waals surface area contributed by atoms with Crippen molar-refractivity contribution in [3.63, 3.8) is 0 Å². The molecule has 0 aliphatic rings. The lowest BCUT2D eigenvalue weighted by molar-refractivity contribution is -0.109. The molecule has 2 rings (SSSR count). The lowest BCUT2D eigenvalue weighted by Crippen LogP contribution is -2.28. The lowest BCUT2D eigenvalue weighted by Gasteiger charge is -2.08. The molecule has 1 aromatic heterocycles. The summed E-state index contributed by atoms with van der Waals surface area (Å²) in [6.45, 7) is 0. The predicted molar refractivity (Wildman–Crippen MR) is 66.1 cm³/mol. The second-order valence-corrected chi connectivity index (χ2v) is 3.53. The van der Waals surface area contributed by atoms with E-state index in [1.54, 1.807) is 13.3 Å². The van der Waals surface area contributed by atoms with Gasteiger partial charge in [-0.25, -0.2) is 0 Å². The van der Waals surface area contributed by atoms with Crippen LogP contribution in [0.15, 0.2) is 34.9 Å². The molecule has 0 aliphatic carbocycles. The fraction of sp³-hybridized carbons (Fsp3) is 0.250. The topological polar surface area (TPSA) is 42.2 Å². The fourth-order valence-electron chi connectivity index (χ4n) is 1.62.